The number of nitrogen functional groups attached to an aromatic ring is 1. The van der Waals surface area contributed by atoms with Gasteiger partial charge in [0.1, 0.15) is 4.90 Å². The summed E-state index contributed by atoms with van der Waals surface area (Å²) in [7, 11) is -9.89. The first-order valence-electron chi connectivity index (χ1n) is 12.4. The highest BCUT2D eigenvalue weighted by atomic mass is 32.5. The van der Waals surface area contributed by atoms with Crippen molar-refractivity contribution in [1.82, 2.24) is 19.9 Å². The molecule has 2 aromatic heterocycles. The van der Waals surface area contributed by atoms with Gasteiger partial charge in [-0.05, 0) is 67.3 Å². The standard InChI is InChI=1S/C24H29F5N6O2S/c25-38(26,27,28,29)17-1-2-19(20(30)13-17)23(37)34-11-6-16(7-12-34)18-3-8-31-22-21(18)32-24(33-22)35-9-4-15(14-36)5-10-35/h1-3,8,13,15-16,36H,4-7,9-12,14,30H2,(H,31,32,33). The van der Waals surface area contributed by atoms with Crippen LogP contribution in [0.4, 0.5) is 31.1 Å². The minimum atomic E-state index is -9.89. The van der Waals surface area contributed by atoms with Gasteiger partial charge in [-0.1, -0.05) is 19.4 Å². The number of aromatic amines is 1. The van der Waals surface area contributed by atoms with E-state index in [0.29, 0.717) is 37.5 Å². The number of aromatic nitrogens is 3. The van der Waals surface area contributed by atoms with Crippen LogP contribution >= 0.6 is 10.2 Å². The van der Waals surface area contributed by atoms with Gasteiger partial charge in [-0.25, -0.2) is 4.98 Å². The number of piperidine rings is 2. The second kappa shape index (κ2) is 8.70. The van der Waals surface area contributed by atoms with Crippen LogP contribution in [0, 0.1) is 5.92 Å². The Balaban J connectivity index is 1.29. The number of benzene rings is 1. The molecule has 14 heteroatoms. The van der Waals surface area contributed by atoms with Crippen LogP contribution < -0.4 is 10.6 Å². The second-order valence-electron chi connectivity index (χ2n) is 10.1. The summed E-state index contributed by atoms with van der Waals surface area (Å²) in [6.45, 7) is 2.40. The lowest BCUT2D eigenvalue weighted by atomic mass is 9.89. The maximum atomic E-state index is 13.1. The summed E-state index contributed by atoms with van der Waals surface area (Å²) in [4.78, 5) is 26.9. The molecule has 0 aliphatic carbocycles. The van der Waals surface area contributed by atoms with Crippen molar-refractivity contribution >= 4 is 38.9 Å². The molecule has 38 heavy (non-hydrogen) atoms. The molecule has 0 unspecified atom stereocenters. The van der Waals surface area contributed by atoms with Gasteiger partial charge >= 0.3 is 10.2 Å². The molecule has 2 aliphatic heterocycles. The van der Waals surface area contributed by atoms with Crippen LogP contribution in [0.1, 0.15) is 47.5 Å². The maximum Gasteiger partial charge on any atom is 0.310 e. The number of hydrogen-bond acceptors (Lipinski definition) is 6. The number of rotatable bonds is 5. The summed E-state index contributed by atoms with van der Waals surface area (Å²) < 4.78 is 65.5. The largest absolute Gasteiger partial charge is 0.398 e. The van der Waals surface area contributed by atoms with Crippen molar-refractivity contribution in [3.63, 3.8) is 0 Å². The fourth-order valence-corrected chi connectivity index (χ4v) is 5.95. The van der Waals surface area contributed by atoms with E-state index in [-0.39, 0.29) is 30.2 Å². The molecule has 2 saturated heterocycles. The molecule has 4 heterocycles. The van der Waals surface area contributed by atoms with Crippen molar-refractivity contribution in [2.45, 2.75) is 36.5 Å². The molecule has 208 valence electrons. The van der Waals surface area contributed by atoms with E-state index in [1.807, 2.05) is 6.07 Å². The van der Waals surface area contributed by atoms with Crippen molar-refractivity contribution in [2.75, 3.05) is 43.4 Å². The third-order valence-corrected chi connectivity index (χ3v) is 8.65. The van der Waals surface area contributed by atoms with E-state index >= 15 is 0 Å². The zero-order valence-corrected chi connectivity index (χ0v) is 21.2. The summed E-state index contributed by atoms with van der Waals surface area (Å²) in [6.07, 6.45) is 4.63. The number of nitrogens with zero attached hydrogens (tertiary/aromatic N) is 4. The number of nitrogens with two attached hydrogens (primary N) is 1. The molecular weight excluding hydrogens is 531 g/mol. The van der Waals surface area contributed by atoms with Crippen LogP contribution in [-0.4, -0.2) is 63.7 Å². The fraction of sp³-hybridized carbons (Fsp3) is 0.458. The number of likely N-dealkylation sites (tertiary alicyclic amines) is 1. The summed E-state index contributed by atoms with van der Waals surface area (Å²) in [5.41, 5.74) is 7.18. The Morgan fingerprint density at radius 1 is 1.05 bits per heavy atom. The summed E-state index contributed by atoms with van der Waals surface area (Å²) in [5.74, 6) is 0.530. The number of halogens is 5. The number of pyridine rings is 1. The highest BCUT2D eigenvalue weighted by Gasteiger charge is 2.65. The Bertz CT molecular complexity index is 1370. The topological polar surface area (TPSA) is 111 Å². The predicted octanol–water partition coefficient (Wildman–Crippen LogP) is 5.43. The van der Waals surface area contributed by atoms with Gasteiger partial charge in [0, 0.05) is 44.7 Å². The van der Waals surface area contributed by atoms with Gasteiger partial charge in [-0.3, -0.25) is 4.79 Å². The highest BCUT2D eigenvalue weighted by molar-refractivity contribution is 8.45. The molecule has 5 rings (SSSR count). The number of aliphatic hydroxyl groups is 1. The number of carbonyl (C=O) groups is 1. The quantitative estimate of drug-likeness (QED) is 0.284. The molecule has 1 amide bonds. The molecule has 0 radical (unpaired) electrons. The number of H-pyrrole nitrogens is 1. The van der Waals surface area contributed by atoms with Crippen LogP contribution in [0.5, 0.6) is 0 Å². The molecule has 0 atom stereocenters. The molecule has 0 saturated carbocycles. The lowest BCUT2D eigenvalue weighted by Crippen LogP contribution is -2.38. The van der Waals surface area contributed by atoms with E-state index in [0.717, 1.165) is 49.0 Å². The number of carbonyl (C=O) groups excluding carboxylic acids is 1. The number of nitrogens with one attached hydrogen (secondary N) is 1. The average molecular weight is 561 g/mol. The number of aliphatic hydroxyl groups excluding tert-OH is 1. The van der Waals surface area contributed by atoms with E-state index in [2.05, 4.69) is 19.9 Å². The van der Waals surface area contributed by atoms with Gasteiger partial charge in [-0.15, -0.1) is 0 Å². The smallest absolute Gasteiger partial charge is 0.310 e. The summed E-state index contributed by atoms with van der Waals surface area (Å²) in [5, 5.41) is 9.38. The summed E-state index contributed by atoms with van der Waals surface area (Å²) >= 11 is 0. The lowest BCUT2D eigenvalue weighted by molar-refractivity contribution is 0.0714. The molecule has 1 aromatic carbocycles. The first-order chi connectivity index (χ1) is 17.7. The molecule has 2 aliphatic rings. The van der Waals surface area contributed by atoms with E-state index in [9.17, 15) is 29.3 Å². The Morgan fingerprint density at radius 3 is 2.34 bits per heavy atom. The Morgan fingerprint density at radius 2 is 1.74 bits per heavy atom. The van der Waals surface area contributed by atoms with Crippen molar-refractivity contribution in [3.05, 3.63) is 41.6 Å². The fourth-order valence-electron chi connectivity index (χ4n) is 5.27. The minimum Gasteiger partial charge on any atom is -0.398 e. The monoisotopic (exact) mass is 560 g/mol. The van der Waals surface area contributed by atoms with Gasteiger partial charge < -0.3 is 25.6 Å². The Hall–Kier alpha value is -3.13. The lowest BCUT2D eigenvalue weighted by Gasteiger charge is -2.40. The molecular formula is C24H29F5N6O2S. The Labute approximate surface area is 215 Å². The molecule has 8 nitrogen and oxygen atoms in total. The van der Waals surface area contributed by atoms with Crippen molar-refractivity contribution in [1.29, 1.82) is 0 Å². The molecule has 2 fully saturated rings. The van der Waals surface area contributed by atoms with Gasteiger partial charge in [-0.2, -0.15) is 4.98 Å². The summed E-state index contributed by atoms with van der Waals surface area (Å²) in [6, 6.07) is 2.99. The first kappa shape index (κ1) is 26.5. The van der Waals surface area contributed by atoms with Crippen LogP contribution in [0.15, 0.2) is 35.4 Å². The number of imidazole rings is 1. The van der Waals surface area contributed by atoms with Crippen LogP contribution in [0.25, 0.3) is 11.2 Å². The number of anilines is 2. The van der Waals surface area contributed by atoms with E-state index < -0.39 is 26.7 Å². The molecule has 4 N–H and O–H groups in total. The van der Waals surface area contributed by atoms with Gasteiger partial charge in [0.05, 0.1) is 11.1 Å². The van der Waals surface area contributed by atoms with Crippen molar-refractivity contribution in [2.24, 2.45) is 5.92 Å². The predicted molar refractivity (Wildman–Crippen MR) is 136 cm³/mol. The van der Waals surface area contributed by atoms with Crippen LogP contribution in [-0.2, 0) is 0 Å². The van der Waals surface area contributed by atoms with Gasteiger partial charge in [0.2, 0.25) is 5.95 Å². The zero-order chi connectivity index (χ0) is 27.4. The van der Waals surface area contributed by atoms with E-state index in [1.54, 1.807) is 6.20 Å². The normalized spacial score (nSPS) is 19.9. The SMILES string of the molecule is Nc1cc(S(F)(F)(F)(F)F)ccc1C(=O)N1CCC(c2ccnc3nc(N4CCC(CO)CC4)[nH]c23)CC1. The third-order valence-electron chi connectivity index (χ3n) is 7.50. The third kappa shape index (κ3) is 5.23. The number of hydrogen-bond donors (Lipinski definition) is 3. The van der Waals surface area contributed by atoms with Crippen LogP contribution in [0.2, 0.25) is 0 Å². The van der Waals surface area contributed by atoms with E-state index in [1.165, 1.54) is 4.90 Å². The van der Waals surface area contributed by atoms with Gasteiger partial charge in [0.15, 0.2) is 5.65 Å². The molecule has 0 spiro atoms. The second-order valence-corrected chi connectivity index (χ2v) is 12.5. The van der Waals surface area contributed by atoms with Crippen molar-refractivity contribution in [3.8, 4) is 0 Å². The number of amides is 1. The zero-order valence-electron chi connectivity index (χ0n) is 20.4. The number of fused-ring (bicyclic) bond motifs is 1. The highest BCUT2D eigenvalue weighted by Crippen LogP contribution is 3.02. The average Bonchev–Trinajstić information content (AvgIpc) is 3.32. The molecule has 0 bridgehead atoms. The molecule has 3 aromatic rings. The van der Waals surface area contributed by atoms with Crippen molar-refractivity contribution < 1.29 is 29.3 Å². The van der Waals surface area contributed by atoms with E-state index in [4.69, 9.17) is 5.73 Å². The Kier molecular flexibility index (Phi) is 6.06. The van der Waals surface area contributed by atoms with Gasteiger partial charge in [0.25, 0.3) is 5.91 Å². The van der Waals surface area contributed by atoms with Crippen LogP contribution in [0.3, 0.4) is 0 Å². The minimum absolute atomic E-state index is 0.0887. The first-order valence-corrected chi connectivity index (χ1v) is 14.3. The maximum absolute atomic E-state index is 13.1.